The minimum Gasteiger partial charge on any atom is -0.379 e. The molecule has 2 atom stereocenters. The minimum absolute atomic E-state index is 0. The van der Waals surface area contributed by atoms with Crippen molar-refractivity contribution in [3.05, 3.63) is 0 Å². The lowest BCUT2D eigenvalue weighted by Crippen LogP contribution is -2.49. The molecule has 6 nitrogen and oxygen atoms in total. The molecule has 2 bridgehead atoms. The summed E-state index contributed by atoms with van der Waals surface area (Å²) in [5.74, 6) is 1.18. The molecule has 0 radical (unpaired) electrons. The number of halogens is 1. The van der Waals surface area contributed by atoms with Crippen molar-refractivity contribution in [1.82, 2.24) is 5.32 Å². The van der Waals surface area contributed by atoms with Crippen LogP contribution in [0.2, 0.25) is 0 Å². The fourth-order valence-electron chi connectivity index (χ4n) is 3.71. The molecule has 1 amide bonds. The van der Waals surface area contributed by atoms with E-state index >= 15 is 0 Å². The third-order valence-corrected chi connectivity index (χ3v) is 5.84. The Bertz CT molecular complexity index is 472. The van der Waals surface area contributed by atoms with Gasteiger partial charge in [0.15, 0.2) is 0 Å². The van der Waals surface area contributed by atoms with Gasteiger partial charge in [-0.05, 0) is 37.5 Å². The molecule has 0 aromatic rings. The summed E-state index contributed by atoms with van der Waals surface area (Å²) in [7, 11) is -2.98. The Hall–Kier alpha value is -0.370. The Kier molecular flexibility index (Phi) is 8.27. The molecule has 23 heavy (non-hydrogen) atoms. The van der Waals surface area contributed by atoms with Gasteiger partial charge in [0.1, 0.15) is 9.84 Å². The highest BCUT2D eigenvalue weighted by molar-refractivity contribution is 7.90. The minimum atomic E-state index is -2.98. The van der Waals surface area contributed by atoms with E-state index < -0.39 is 9.84 Å². The highest BCUT2D eigenvalue weighted by atomic mass is 35.5. The van der Waals surface area contributed by atoms with Gasteiger partial charge in [0.2, 0.25) is 5.91 Å². The predicted molar refractivity (Wildman–Crippen MR) is 92.3 cm³/mol. The van der Waals surface area contributed by atoms with Crippen molar-refractivity contribution < 1.29 is 17.9 Å². The van der Waals surface area contributed by atoms with Crippen molar-refractivity contribution >= 4 is 28.2 Å². The Balaban J connectivity index is 0.00000264. The fourth-order valence-corrected chi connectivity index (χ4v) is 4.13. The van der Waals surface area contributed by atoms with Gasteiger partial charge in [-0.3, -0.25) is 4.79 Å². The topological polar surface area (TPSA) is 98.5 Å². The number of sulfone groups is 1. The summed E-state index contributed by atoms with van der Waals surface area (Å²) in [6.45, 7) is 0.956. The van der Waals surface area contributed by atoms with Crippen LogP contribution in [-0.2, 0) is 19.4 Å². The number of nitrogens with one attached hydrogen (secondary N) is 1. The van der Waals surface area contributed by atoms with Gasteiger partial charge in [-0.15, -0.1) is 12.4 Å². The third kappa shape index (κ3) is 6.57. The Morgan fingerprint density at radius 2 is 1.83 bits per heavy atom. The number of ether oxygens (including phenoxy) is 1. The molecule has 2 unspecified atom stereocenters. The Labute approximate surface area is 145 Å². The van der Waals surface area contributed by atoms with E-state index in [0.717, 1.165) is 25.7 Å². The lowest BCUT2D eigenvalue weighted by molar-refractivity contribution is -0.128. The van der Waals surface area contributed by atoms with Gasteiger partial charge in [0.05, 0.1) is 19.0 Å². The zero-order chi connectivity index (χ0) is 16.2. The van der Waals surface area contributed by atoms with Crippen LogP contribution >= 0.6 is 12.4 Å². The molecule has 3 N–H and O–H groups in total. The molecule has 8 heteroatoms. The van der Waals surface area contributed by atoms with E-state index in [1.807, 2.05) is 0 Å². The molecule has 0 spiro atoms. The molecule has 0 aromatic carbocycles. The maximum Gasteiger partial charge on any atom is 0.223 e. The summed E-state index contributed by atoms with van der Waals surface area (Å²) in [6, 6.07) is 0.275. The van der Waals surface area contributed by atoms with E-state index in [9.17, 15) is 13.2 Å². The normalized spacial score (nSPS) is 30.3. The van der Waals surface area contributed by atoms with Crippen LogP contribution in [0, 0.1) is 17.8 Å². The average molecular weight is 369 g/mol. The number of rotatable bonds is 7. The standard InChI is InChI=1S/C15H28N2O4S.ClH/c1-22(19,20)8-7-21-6-5-17-15(18)13-9-11-3-2-4-12(10-13)14(11)16;/h11-14H,2-10,16H2,1H3,(H,17,18);1H. The van der Waals surface area contributed by atoms with Crippen molar-refractivity contribution in [2.45, 2.75) is 38.1 Å². The SMILES string of the molecule is CS(=O)(=O)CCOCCNC(=O)C1CC2CCCC(C1)C2N.Cl. The lowest BCUT2D eigenvalue weighted by atomic mass is 9.65. The number of amides is 1. The van der Waals surface area contributed by atoms with E-state index in [4.69, 9.17) is 10.5 Å². The number of carbonyl (C=O) groups is 1. The first kappa shape index (κ1) is 20.7. The molecule has 2 aliphatic carbocycles. The fraction of sp³-hybridized carbons (Fsp3) is 0.933. The first-order valence-corrected chi connectivity index (χ1v) is 10.2. The van der Waals surface area contributed by atoms with Crippen LogP contribution in [0.15, 0.2) is 0 Å². The second-order valence-corrected chi connectivity index (χ2v) is 8.99. The largest absolute Gasteiger partial charge is 0.379 e. The van der Waals surface area contributed by atoms with Crippen molar-refractivity contribution in [1.29, 1.82) is 0 Å². The van der Waals surface area contributed by atoms with Gasteiger partial charge in [-0.2, -0.15) is 0 Å². The van der Waals surface area contributed by atoms with Gasteiger partial charge in [-0.1, -0.05) is 6.42 Å². The smallest absolute Gasteiger partial charge is 0.223 e. The number of nitrogens with two attached hydrogens (primary N) is 1. The number of fused-ring (bicyclic) bond motifs is 2. The zero-order valence-electron chi connectivity index (χ0n) is 13.7. The Morgan fingerprint density at radius 1 is 1.22 bits per heavy atom. The summed E-state index contributed by atoms with van der Waals surface area (Å²) in [4.78, 5) is 12.2. The molecule has 0 heterocycles. The summed E-state index contributed by atoms with van der Waals surface area (Å²) in [6.07, 6.45) is 6.53. The molecule has 2 rings (SSSR count). The van der Waals surface area contributed by atoms with E-state index in [2.05, 4.69) is 5.32 Å². The highest BCUT2D eigenvalue weighted by Crippen LogP contribution is 2.41. The van der Waals surface area contributed by atoms with Crippen LogP contribution in [0.4, 0.5) is 0 Å². The summed E-state index contributed by atoms with van der Waals surface area (Å²) in [5, 5.41) is 2.90. The monoisotopic (exact) mass is 368 g/mol. The van der Waals surface area contributed by atoms with Gasteiger partial charge in [-0.25, -0.2) is 8.42 Å². The van der Waals surface area contributed by atoms with Crippen LogP contribution in [0.25, 0.3) is 0 Å². The van der Waals surface area contributed by atoms with Gasteiger partial charge < -0.3 is 15.8 Å². The molecule has 0 aliphatic heterocycles. The van der Waals surface area contributed by atoms with Crippen LogP contribution < -0.4 is 11.1 Å². The molecule has 2 aliphatic rings. The molecule has 0 aromatic heterocycles. The van der Waals surface area contributed by atoms with E-state index in [-0.39, 0.29) is 42.6 Å². The molecular weight excluding hydrogens is 340 g/mol. The highest BCUT2D eigenvalue weighted by Gasteiger charge is 2.40. The maximum absolute atomic E-state index is 12.2. The molecule has 2 saturated carbocycles. The second-order valence-electron chi connectivity index (χ2n) is 6.73. The Morgan fingerprint density at radius 3 is 2.39 bits per heavy atom. The lowest BCUT2D eigenvalue weighted by Gasteiger charge is -2.43. The first-order valence-electron chi connectivity index (χ1n) is 8.15. The zero-order valence-corrected chi connectivity index (χ0v) is 15.3. The van der Waals surface area contributed by atoms with Crippen LogP contribution in [-0.4, -0.2) is 52.1 Å². The van der Waals surface area contributed by atoms with E-state index in [0.29, 0.717) is 25.0 Å². The van der Waals surface area contributed by atoms with Crippen molar-refractivity contribution in [2.75, 3.05) is 31.8 Å². The van der Waals surface area contributed by atoms with Crippen molar-refractivity contribution in [2.24, 2.45) is 23.5 Å². The summed E-state index contributed by atoms with van der Waals surface area (Å²) in [5.41, 5.74) is 6.24. The van der Waals surface area contributed by atoms with Crippen LogP contribution in [0.1, 0.15) is 32.1 Å². The maximum atomic E-state index is 12.2. The van der Waals surface area contributed by atoms with Crippen molar-refractivity contribution in [3.63, 3.8) is 0 Å². The molecule has 0 saturated heterocycles. The molecular formula is C15H29ClN2O4S. The predicted octanol–water partition coefficient (Wildman–Crippen LogP) is 0.739. The summed E-state index contributed by atoms with van der Waals surface area (Å²) < 4.78 is 27.1. The third-order valence-electron chi connectivity index (χ3n) is 4.93. The number of hydrogen-bond donors (Lipinski definition) is 2. The van der Waals surface area contributed by atoms with Gasteiger partial charge >= 0.3 is 0 Å². The summed E-state index contributed by atoms with van der Waals surface area (Å²) >= 11 is 0. The quantitative estimate of drug-likeness (QED) is 0.646. The first-order chi connectivity index (χ1) is 10.4. The van der Waals surface area contributed by atoms with E-state index in [1.165, 1.54) is 12.7 Å². The average Bonchev–Trinajstić information content (AvgIpc) is 2.41. The molecule has 136 valence electrons. The van der Waals surface area contributed by atoms with Crippen LogP contribution in [0.5, 0.6) is 0 Å². The van der Waals surface area contributed by atoms with Crippen LogP contribution in [0.3, 0.4) is 0 Å². The number of hydrogen-bond acceptors (Lipinski definition) is 5. The second kappa shape index (κ2) is 9.20. The number of carbonyl (C=O) groups excluding carboxylic acids is 1. The van der Waals surface area contributed by atoms with E-state index in [1.54, 1.807) is 0 Å². The van der Waals surface area contributed by atoms with Gasteiger partial charge in [0.25, 0.3) is 0 Å². The van der Waals surface area contributed by atoms with Gasteiger partial charge in [0, 0.05) is 24.8 Å². The van der Waals surface area contributed by atoms with Crippen molar-refractivity contribution in [3.8, 4) is 0 Å². The molecule has 2 fully saturated rings.